The lowest BCUT2D eigenvalue weighted by molar-refractivity contribution is 0.102. The van der Waals surface area contributed by atoms with Crippen molar-refractivity contribution < 1.29 is 13.2 Å². The second-order valence-electron chi connectivity index (χ2n) is 6.47. The number of nitrogens with zero attached hydrogens (tertiary/aromatic N) is 1. The molecule has 1 atom stereocenters. The fourth-order valence-electron chi connectivity index (χ4n) is 3.32. The summed E-state index contributed by atoms with van der Waals surface area (Å²) in [7, 11) is -3.42. The molecule has 134 valence electrons. The van der Waals surface area contributed by atoms with Gasteiger partial charge >= 0.3 is 0 Å². The zero-order valence-electron chi connectivity index (χ0n) is 14.1. The number of rotatable bonds is 2. The number of pyridine rings is 1. The summed E-state index contributed by atoms with van der Waals surface area (Å²) in [6, 6.07) is 6.35. The number of benzene rings is 1. The number of carbonyl (C=O) groups excluding carboxylic acids is 1. The number of carbonyl (C=O) groups is 1. The molecule has 0 radical (unpaired) electrons. The minimum atomic E-state index is -3.42. The van der Waals surface area contributed by atoms with E-state index < -0.39 is 9.84 Å². The zero-order valence-corrected chi connectivity index (χ0v) is 14.9. The number of hydrogen-bond donors (Lipinski definition) is 3. The fraction of sp³-hybridized carbons (Fsp3) is 0.222. The average molecular weight is 370 g/mol. The maximum Gasteiger partial charge on any atom is 0.255 e. The first-order valence-electron chi connectivity index (χ1n) is 8.23. The predicted molar refractivity (Wildman–Crippen MR) is 98.8 cm³/mol. The Morgan fingerprint density at radius 1 is 1.35 bits per heavy atom. The van der Waals surface area contributed by atoms with Crippen molar-refractivity contribution in [1.82, 2.24) is 9.97 Å². The minimum Gasteiger partial charge on any atom is -0.346 e. The highest BCUT2D eigenvalue weighted by atomic mass is 32.2. The number of H-pyrrole nitrogens is 1. The van der Waals surface area contributed by atoms with E-state index in [0.29, 0.717) is 34.4 Å². The van der Waals surface area contributed by atoms with Crippen LogP contribution in [0, 0.1) is 6.92 Å². The van der Waals surface area contributed by atoms with Crippen LogP contribution in [0.4, 0.5) is 5.69 Å². The topological polar surface area (TPSA) is 118 Å². The van der Waals surface area contributed by atoms with E-state index in [4.69, 9.17) is 5.73 Å². The van der Waals surface area contributed by atoms with Crippen molar-refractivity contribution in [1.29, 1.82) is 0 Å². The minimum absolute atomic E-state index is 0.000383. The fourth-order valence-corrected chi connectivity index (χ4v) is 4.97. The van der Waals surface area contributed by atoms with Gasteiger partial charge in [0.1, 0.15) is 5.65 Å². The predicted octanol–water partition coefficient (Wildman–Crippen LogP) is 2.30. The van der Waals surface area contributed by atoms with Crippen molar-refractivity contribution in [3.8, 4) is 0 Å². The molecule has 0 spiro atoms. The van der Waals surface area contributed by atoms with E-state index in [1.54, 1.807) is 31.5 Å². The van der Waals surface area contributed by atoms with Crippen LogP contribution in [0.25, 0.3) is 11.0 Å². The number of hydrogen-bond acceptors (Lipinski definition) is 5. The van der Waals surface area contributed by atoms with E-state index in [9.17, 15) is 13.2 Å². The lowest BCUT2D eigenvalue weighted by Gasteiger charge is -2.24. The van der Waals surface area contributed by atoms with Crippen LogP contribution in [0.15, 0.2) is 41.6 Å². The van der Waals surface area contributed by atoms with Gasteiger partial charge in [-0.25, -0.2) is 13.4 Å². The number of anilines is 1. The Kier molecular flexibility index (Phi) is 3.82. The van der Waals surface area contributed by atoms with E-state index in [-0.39, 0.29) is 22.6 Å². The lowest BCUT2D eigenvalue weighted by Crippen LogP contribution is -2.26. The Balaban J connectivity index is 1.76. The molecule has 1 aliphatic heterocycles. The molecule has 1 unspecified atom stereocenters. The van der Waals surface area contributed by atoms with Crippen molar-refractivity contribution in [3.63, 3.8) is 0 Å². The summed E-state index contributed by atoms with van der Waals surface area (Å²) in [4.78, 5) is 20.1. The van der Waals surface area contributed by atoms with Gasteiger partial charge in [-0.3, -0.25) is 4.79 Å². The second kappa shape index (κ2) is 5.93. The van der Waals surface area contributed by atoms with Crippen LogP contribution >= 0.6 is 0 Å². The summed E-state index contributed by atoms with van der Waals surface area (Å²) < 4.78 is 24.8. The van der Waals surface area contributed by atoms with Gasteiger partial charge in [0.15, 0.2) is 9.84 Å². The van der Waals surface area contributed by atoms with Gasteiger partial charge in [0.25, 0.3) is 5.91 Å². The van der Waals surface area contributed by atoms with Gasteiger partial charge in [-0.2, -0.15) is 0 Å². The first-order valence-corrected chi connectivity index (χ1v) is 9.88. The highest BCUT2D eigenvalue weighted by Crippen LogP contribution is 2.33. The van der Waals surface area contributed by atoms with Crippen molar-refractivity contribution in [3.05, 3.63) is 53.3 Å². The van der Waals surface area contributed by atoms with Gasteiger partial charge in [-0.05, 0) is 42.7 Å². The van der Waals surface area contributed by atoms with Gasteiger partial charge in [-0.15, -0.1) is 0 Å². The summed E-state index contributed by atoms with van der Waals surface area (Å²) >= 11 is 0. The summed E-state index contributed by atoms with van der Waals surface area (Å²) in [6.45, 7) is 1.78. The van der Waals surface area contributed by atoms with Gasteiger partial charge in [-0.1, -0.05) is 6.07 Å². The van der Waals surface area contributed by atoms with Crippen LogP contribution in [0.5, 0.6) is 0 Å². The van der Waals surface area contributed by atoms with E-state index in [0.717, 1.165) is 5.39 Å². The van der Waals surface area contributed by atoms with Crippen LogP contribution in [0.3, 0.4) is 0 Å². The van der Waals surface area contributed by atoms with E-state index >= 15 is 0 Å². The molecule has 4 rings (SSSR count). The van der Waals surface area contributed by atoms with Crippen LogP contribution < -0.4 is 11.1 Å². The average Bonchev–Trinajstić information content (AvgIpc) is 3.08. The Labute approximate surface area is 150 Å². The quantitative estimate of drug-likeness (QED) is 0.640. The molecule has 2 aromatic heterocycles. The maximum absolute atomic E-state index is 12.8. The Bertz CT molecular complexity index is 1130. The number of fused-ring (bicyclic) bond motifs is 2. The molecule has 3 aromatic rings. The number of amides is 1. The van der Waals surface area contributed by atoms with Gasteiger partial charge < -0.3 is 16.0 Å². The van der Waals surface area contributed by atoms with Gasteiger partial charge in [0.2, 0.25) is 0 Å². The molecule has 3 heterocycles. The molecule has 0 saturated heterocycles. The van der Waals surface area contributed by atoms with Crippen LogP contribution in [-0.4, -0.2) is 30.0 Å². The molecular formula is C18H18N4O3S. The standard InChI is InChI=1S/C18H18N4O3S/c1-10-8-13-14(19)4-7-26(24,25)16(13)9-12(10)18(23)22-15-3-6-21-17-11(15)2-5-20-17/h2-3,5-6,8-9,14H,4,7,19H2,1H3,(H2,20,21,22,23). The van der Waals surface area contributed by atoms with Crippen molar-refractivity contribution in [2.24, 2.45) is 5.73 Å². The third-order valence-corrected chi connectivity index (χ3v) is 6.54. The highest BCUT2D eigenvalue weighted by Gasteiger charge is 2.30. The van der Waals surface area contributed by atoms with E-state index in [1.165, 1.54) is 6.07 Å². The van der Waals surface area contributed by atoms with E-state index in [2.05, 4.69) is 15.3 Å². The molecule has 1 aliphatic rings. The van der Waals surface area contributed by atoms with Crippen molar-refractivity contribution in [2.45, 2.75) is 24.3 Å². The molecule has 8 heteroatoms. The molecular weight excluding hydrogens is 352 g/mol. The monoisotopic (exact) mass is 370 g/mol. The molecule has 1 amide bonds. The largest absolute Gasteiger partial charge is 0.346 e. The summed E-state index contributed by atoms with van der Waals surface area (Å²) in [6.07, 6.45) is 3.73. The van der Waals surface area contributed by atoms with Crippen molar-refractivity contribution >= 4 is 32.5 Å². The molecule has 7 nitrogen and oxygen atoms in total. The molecule has 0 bridgehead atoms. The summed E-state index contributed by atoms with van der Waals surface area (Å²) in [5.74, 6) is -0.368. The number of aryl methyl sites for hydroxylation is 1. The smallest absolute Gasteiger partial charge is 0.255 e. The maximum atomic E-state index is 12.8. The van der Waals surface area contributed by atoms with Crippen LogP contribution in [-0.2, 0) is 9.84 Å². The molecule has 4 N–H and O–H groups in total. The Morgan fingerprint density at radius 3 is 2.96 bits per heavy atom. The number of nitrogens with two attached hydrogens (primary N) is 1. The zero-order chi connectivity index (χ0) is 18.5. The van der Waals surface area contributed by atoms with Crippen LogP contribution in [0.1, 0.15) is 33.9 Å². The van der Waals surface area contributed by atoms with Gasteiger partial charge in [0, 0.05) is 29.4 Å². The molecule has 0 saturated carbocycles. The van der Waals surface area contributed by atoms with Crippen molar-refractivity contribution in [2.75, 3.05) is 11.1 Å². The SMILES string of the molecule is Cc1cc2c(cc1C(=O)Nc1ccnc3[nH]ccc13)S(=O)(=O)CCC2N. The molecule has 1 aromatic carbocycles. The molecule has 0 fully saturated rings. The Morgan fingerprint density at radius 2 is 2.15 bits per heavy atom. The lowest BCUT2D eigenvalue weighted by atomic mass is 9.98. The third kappa shape index (κ3) is 2.67. The summed E-state index contributed by atoms with van der Waals surface area (Å²) in [5.41, 5.74) is 8.93. The normalized spacial score (nSPS) is 18.5. The number of nitrogens with one attached hydrogen (secondary N) is 2. The highest BCUT2D eigenvalue weighted by molar-refractivity contribution is 7.91. The van der Waals surface area contributed by atoms with Crippen LogP contribution in [0.2, 0.25) is 0 Å². The number of aromatic nitrogens is 2. The van der Waals surface area contributed by atoms with Gasteiger partial charge in [0.05, 0.1) is 16.3 Å². The third-order valence-electron chi connectivity index (χ3n) is 4.74. The summed E-state index contributed by atoms with van der Waals surface area (Å²) in [5, 5.41) is 3.63. The first kappa shape index (κ1) is 16.7. The number of sulfone groups is 1. The molecule has 26 heavy (non-hydrogen) atoms. The first-order chi connectivity index (χ1) is 12.4. The second-order valence-corrected chi connectivity index (χ2v) is 8.55. The molecule has 0 aliphatic carbocycles. The number of aromatic amines is 1. The van der Waals surface area contributed by atoms with E-state index in [1.807, 2.05) is 6.07 Å². The Hall–Kier alpha value is -2.71.